The molecule has 2 N–H and O–H groups in total. The van der Waals surface area contributed by atoms with Gasteiger partial charge in [-0.1, -0.05) is 25.8 Å². The van der Waals surface area contributed by atoms with Crippen LogP contribution in [0.5, 0.6) is 28.7 Å². The van der Waals surface area contributed by atoms with Gasteiger partial charge in [-0.15, -0.1) is 0 Å². The molecule has 0 radical (unpaired) electrons. The number of carbonyl (C=O) groups is 2. The Hall–Kier alpha value is -3.68. The van der Waals surface area contributed by atoms with Crippen LogP contribution in [-0.4, -0.2) is 46.2 Å². The Balaban J connectivity index is 2.36. The number of Topliss-reactive ketones (excluding diaryl/α,β-unsaturated/α-hetero) is 1. The highest BCUT2D eigenvalue weighted by atomic mass is 16.5. The largest absolute Gasteiger partial charge is 0.493 e. The van der Waals surface area contributed by atoms with Gasteiger partial charge in [-0.3, -0.25) is 9.59 Å². The molecule has 2 aromatic rings. The van der Waals surface area contributed by atoms with Crippen LogP contribution >= 0.6 is 0 Å². The lowest BCUT2D eigenvalue weighted by molar-refractivity contribution is -0.125. The standard InChI is InChI=1S/C27H35NO7/c1-7-8-9-10-21(27(28)30)35-22-14-18(11-12-20(22)31-3)13-17(2)25(29)19-15-23(32-4)26(34-6)24(16-19)33-5/h11-16,21H,7-10H2,1-6H3,(H2,28,30)/b17-13+. The van der Waals surface area contributed by atoms with Crippen molar-refractivity contribution in [1.82, 2.24) is 0 Å². The molecule has 8 nitrogen and oxygen atoms in total. The lowest BCUT2D eigenvalue weighted by atomic mass is 10.0. The van der Waals surface area contributed by atoms with Crippen molar-refractivity contribution in [2.45, 2.75) is 45.6 Å². The van der Waals surface area contributed by atoms with Crippen molar-refractivity contribution in [2.24, 2.45) is 5.73 Å². The van der Waals surface area contributed by atoms with E-state index in [1.54, 1.807) is 43.3 Å². The van der Waals surface area contributed by atoms with Crippen LogP contribution in [0.1, 0.15) is 55.5 Å². The molecular weight excluding hydrogens is 450 g/mol. The van der Waals surface area contributed by atoms with Gasteiger partial charge in [-0.05, 0) is 61.2 Å². The summed E-state index contributed by atoms with van der Waals surface area (Å²) in [7, 11) is 6.01. The second kappa shape index (κ2) is 13.3. The molecule has 190 valence electrons. The van der Waals surface area contributed by atoms with Crippen LogP contribution in [0.15, 0.2) is 35.9 Å². The Kier molecular flexibility index (Phi) is 10.5. The number of ketones is 1. The molecule has 0 fully saturated rings. The summed E-state index contributed by atoms with van der Waals surface area (Å²) < 4.78 is 27.4. The van der Waals surface area contributed by atoms with E-state index in [1.807, 2.05) is 0 Å². The van der Waals surface area contributed by atoms with Crippen LogP contribution in [0.2, 0.25) is 0 Å². The Morgan fingerprint density at radius 1 is 0.886 bits per heavy atom. The van der Waals surface area contributed by atoms with E-state index in [-0.39, 0.29) is 5.78 Å². The number of benzene rings is 2. The molecule has 0 heterocycles. The average Bonchev–Trinajstić information content (AvgIpc) is 2.86. The molecule has 0 spiro atoms. The first-order valence-electron chi connectivity index (χ1n) is 11.5. The van der Waals surface area contributed by atoms with Crippen LogP contribution in [0.4, 0.5) is 0 Å². The van der Waals surface area contributed by atoms with Gasteiger partial charge in [0, 0.05) is 5.56 Å². The molecule has 2 aromatic carbocycles. The van der Waals surface area contributed by atoms with E-state index in [0.717, 1.165) is 19.3 Å². The highest BCUT2D eigenvalue weighted by Crippen LogP contribution is 2.39. The number of ether oxygens (including phenoxy) is 5. The van der Waals surface area contributed by atoms with Crippen LogP contribution in [0, 0.1) is 0 Å². The molecule has 1 amide bonds. The summed E-state index contributed by atoms with van der Waals surface area (Å²) >= 11 is 0. The molecule has 1 unspecified atom stereocenters. The van der Waals surface area contributed by atoms with E-state index in [0.29, 0.717) is 51.9 Å². The van der Waals surface area contributed by atoms with E-state index in [2.05, 4.69) is 6.92 Å². The monoisotopic (exact) mass is 485 g/mol. The maximum absolute atomic E-state index is 13.2. The van der Waals surface area contributed by atoms with E-state index in [4.69, 9.17) is 29.4 Å². The third kappa shape index (κ3) is 7.15. The summed E-state index contributed by atoms with van der Waals surface area (Å²) in [6, 6.07) is 8.46. The minimum Gasteiger partial charge on any atom is -0.493 e. The predicted molar refractivity (Wildman–Crippen MR) is 135 cm³/mol. The number of hydrogen-bond donors (Lipinski definition) is 1. The fourth-order valence-corrected chi connectivity index (χ4v) is 3.62. The summed E-state index contributed by atoms with van der Waals surface area (Å²) in [5.74, 6) is 1.31. The zero-order valence-corrected chi connectivity index (χ0v) is 21.3. The highest BCUT2D eigenvalue weighted by Gasteiger charge is 2.20. The van der Waals surface area contributed by atoms with E-state index in [1.165, 1.54) is 28.4 Å². The van der Waals surface area contributed by atoms with Gasteiger partial charge < -0.3 is 29.4 Å². The number of primary amides is 1. The van der Waals surface area contributed by atoms with Crippen LogP contribution < -0.4 is 29.4 Å². The van der Waals surface area contributed by atoms with Gasteiger partial charge in [-0.25, -0.2) is 0 Å². The number of unbranched alkanes of at least 4 members (excludes halogenated alkanes) is 2. The molecule has 2 rings (SSSR count). The maximum Gasteiger partial charge on any atom is 0.258 e. The Morgan fingerprint density at radius 2 is 1.51 bits per heavy atom. The molecule has 0 saturated carbocycles. The van der Waals surface area contributed by atoms with Crippen molar-refractivity contribution < 1.29 is 33.3 Å². The van der Waals surface area contributed by atoms with E-state index >= 15 is 0 Å². The topological polar surface area (TPSA) is 106 Å². The molecule has 1 atom stereocenters. The van der Waals surface area contributed by atoms with Gasteiger partial charge in [0.2, 0.25) is 5.75 Å². The Labute approximate surface area is 207 Å². The normalized spacial score (nSPS) is 12.0. The minimum absolute atomic E-state index is 0.211. The van der Waals surface area contributed by atoms with Crippen molar-refractivity contribution in [3.63, 3.8) is 0 Å². The van der Waals surface area contributed by atoms with Crippen LogP contribution in [-0.2, 0) is 4.79 Å². The molecule has 0 aromatic heterocycles. The SMILES string of the molecule is CCCCCC(Oc1cc(/C=C(\C)C(=O)c2cc(OC)c(OC)c(OC)c2)ccc1OC)C(N)=O. The number of rotatable bonds is 14. The smallest absolute Gasteiger partial charge is 0.258 e. The lowest BCUT2D eigenvalue weighted by Gasteiger charge is -2.18. The van der Waals surface area contributed by atoms with Gasteiger partial charge in [0.25, 0.3) is 5.91 Å². The quantitative estimate of drug-likeness (QED) is 0.232. The number of carbonyl (C=O) groups excluding carboxylic acids is 2. The van der Waals surface area contributed by atoms with Gasteiger partial charge in [-0.2, -0.15) is 0 Å². The van der Waals surface area contributed by atoms with Gasteiger partial charge >= 0.3 is 0 Å². The van der Waals surface area contributed by atoms with Gasteiger partial charge in [0.15, 0.2) is 34.9 Å². The molecule has 0 aliphatic carbocycles. The summed E-state index contributed by atoms with van der Waals surface area (Å²) in [5, 5.41) is 0. The van der Waals surface area contributed by atoms with Gasteiger partial charge in [0.05, 0.1) is 28.4 Å². The second-order valence-corrected chi connectivity index (χ2v) is 7.99. The fourth-order valence-electron chi connectivity index (χ4n) is 3.62. The maximum atomic E-state index is 13.2. The molecule has 0 aliphatic rings. The van der Waals surface area contributed by atoms with Crippen molar-refractivity contribution in [2.75, 3.05) is 28.4 Å². The number of allylic oxidation sites excluding steroid dienone is 1. The summed E-state index contributed by atoms with van der Waals surface area (Å²) in [4.78, 5) is 25.1. The van der Waals surface area contributed by atoms with Crippen molar-refractivity contribution in [1.29, 1.82) is 0 Å². The fraction of sp³-hybridized carbons (Fsp3) is 0.407. The first kappa shape index (κ1) is 27.6. The second-order valence-electron chi connectivity index (χ2n) is 7.99. The molecule has 0 bridgehead atoms. The Morgan fingerprint density at radius 3 is 2.03 bits per heavy atom. The summed E-state index contributed by atoms with van der Waals surface area (Å²) in [6.45, 7) is 3.80. The third-order valence-electron chi connectivity index (χ3n) is 5.51. The average molecular weight is 486 g/mol. The minimum atomic E-state index is -0.767. The number of nitrogens with two attached hydrogens (primary N) is 1. The van der Waals surface area contributed by atoms with E-state index < -0.39 is 12.0 Å². The molecule has 35 heavy (non-hydrogen) atoms. The highest BCUT2D eigenvalue weighted by molar-refractivity contribution is 6.11. The van der Waals surface area contributed by atoms with Crippen LogP contribution in [0.3, 0.4) is 0 Å². The molecule has 0 saturated heterocycles. The first-order valence-corrected chi connectivity index (χ1v) is 11.5. The molecular formula is C27H35NO7. The molecule has 0 aliphatic heterocycles. The van der Waals surface area contributed by atoms with Crippen LogP contribution in [0.25, 0.3) is 6.08 Å². The number of amides is 1. The third-order valence-corrected chi connectivity index (χ3v) is 5.51. The van der Waals surface area contributed by atoms with Crippen molar-refractivity contribution in [3.05, 3.63) is 47.0 Å². The zero-order chi connectivity index (χ0) is 26.0. The summed E-state index contributed by atoms with van der Waals surface area (Å²) in [6.07, 6.45) is 4.31. The first-order chi connectivity index (χ1) is 16.8. The van der Waals surface area contributed by atoms with E-state index in [9.17, 15) is 9.59 Å². The Bertz CT molecular complexity index is 1040. The van der Waals surface area contributed by atoms with Gasteiger partial charge in [0.1, 0.15) is 0 Å². The predicted octanol–water partition coefficient (Wildman–Crippen LogP) is 4.82. The number of hydrogen-bond acceptors (Lipinski definition) is 7. The van der Waals surface area contributed by atoms with Crippen molar-refractivity contribution >= 4 is 17.8 Å². The lowest BCUT2D eigenvalue weighted by Crippen LogP contribution is -2.33. The van der Waals surface area contributed by atoms with Crippen molar-refractivity contribution in [3.8, 4) is 28.7 Å². The number of methoxy groups -OCH3 is 4. The summed E-state index contributed by atoms with van der Waals surface area (Å²) in [5.41, 5.74) is 7.13. The molecule has 8 heteroatoms. The zero-order valence-electron chi connectivity index (χ0n) is 21.3.